The highest BCUT2D eigenvalue weighted by molar-refractivity contribution is 9.10. The maximum absolute atomic E-state index is 14.4. The standard InChI is InChI=1S/C34H26BrN3O3/c35-22-15-17-23(18-16-22)38-32(40)30-29-24-10-4-6-12-26(24)34(31(30)33(38)41,27-13-7-5-11-25(27)29)20-36-37-28(39)19-14-21-8-2-1-3-9-21/h1-13,15-18,20,29-31H,14,19H2,(H,37,39)/b36-20-/t29?,30-,31-,34?/m1/s1. The molecule has 7 heteroatoms. The predicted molar refractivity (Wildman–Crippen MR) is 161 cm³/mol. The first-order valence-electron chi connectivity index (χ1n) is 13.7. The average molecular weight is 605 g/mol. The van der Waals surface area contributed by atoms with Crippen molar-refractivity contribution < 1.29 is 14.4 Å². The zero-order valence-corrected chi connectivity index (χ0v) is 23.6. The molecule has 0 saturated carbocycles. The van der Waals surface area contributed by atoms with Gasteiger partial charge in [-0.25, -0.2) is 10.3 Å². The van der Waals surface area contributed by atoms with Gasteiger partial charge in [-0.05, 0) is 58.5 Å². The third-order valence-electron chi connectivity index (χ3n) is 8.71. The van der Waals surface area contributed by atoms with Crippen LogP contribution in [0.5, 0.6) is 0 Å². The van der Waals surface area contributed by atoms with Crippen molar-refractivity contribution in [3.05, 3.63) is 135 Å². The average Bonchev–Trinajstić information content (AvgIpc) is 3.28. The molecular weight excluding hydrogens is 578 g/mol. The third kappa shape index (κ3) is 3.90. The Hall–Kier alpha value is -4.36. The Labute approximate surface area is 246 Å². The molecule has 0 spiro atoms. The lowest BCUT2D eigenvalue weighted by atomic mass is 9.47. The van der Waals surface area contributed by atoms with Crippen molar-refractivity contribution in [1.29, 1.82) is 0 Å². The number of nitrogens with zero attached hydrogens (tertiary/aromatic N) is 2. The molecule has 2 bridgehead atoms. The number of hydrogen-bond donors (Lipinski definition) is 1. The van der Waals surface area contributed by atoms with Gasteiger partial charge < -0.3 is 0 Å². The second-order valence-corrected chi connectivity index (χ2v) is 11.7. The molecule has 1 aliphatic heterocycles. The molecule has 0 radical (unpaired) electrons. The minimum atomic E-state index is -1.02. The van der Waals surface area contributed by atoms with E-state index in [0.29, 0.717) is 12.1 Å². The predicted octanol–water partition coefficient (Wildman–Crippen LogP) is 5.73. The Bertz CT molecular complexity index is 1670. The molecule has 8 rings (SSSR count). The number of imide groups is 1. The molecule has 3 aliphatic carbocycles. The van der Waals surface area contributed by atoms with Crippen molar-refractivity contribution in [3.63, 3.8) is 0 Å². The van der Waals surface area contributed by atoms with Crippen LogP contribution in [0.2, 0.25) is 0 Å². The molecule has 202 valence electrons. The first-order valence-corrected chi connectivity index (χ1v) is 14.5. The number of hydrazone groups is 1. The van der Waals surface area contributed by atoms with Crippen LogP contribution in [0.15, 0.2) is 113 Å². The maximum Gasteiger partial charge on any atom is 0.240 e. The van der Waals surface area contributed by atoms with E-state index in [-0.39, 0.29) is 30.1 Å². The molecule has 0 unspecified atom stereocenters. The monoisotopic (exact) mass is 603 g/mol. The summed E-state index contributed by atoms with van der Waals surface area (Å²) >= 11 is 3.45. The summed E-state index contributed by atoms with van der Waals surface area (Å²) in [7, 11) is 0. The van der Waals surface area contributed by atoms with Gasteiger partial charge in [0.1, 0.15) is 0 Å². The minimum absolute atomic E-state index is 0.207. The fourth-order valence-electron chi connectivity index (χ4n) is 7.06. The van der Waals surface area contributed by atoms with E-state index in [9.17, 15) is 14.4 Å². The van der Waals surface area contributed by atoms with E-state index in [4.69, 9.17) is 0 Å². The minimum Gasteiger partial charge on any atom is -0.274 e. The first kappa shape index (κ1) is 25.6. The SMILES string of the molecule is O=C(CCc1ccccc1)N/N=C\C12c3ccccc3C(c3ccccc31)[C@H]1C(=O)N(c3ccc(Br)cc3)C(=O)[C@@H]12. The molecule has 41 heavy (non-hydrogen) atoms. The van der Waals surface area contributed by atoms with Gasteiger partial charge in [0.05, 0.1) is 22.9 Å². The Morgan fingerprint density at radius 1 is 0.829 bits per heavy atom. The van der Waals surface area contributed by atoms with Crippen LogP contribution in [0.3, 0.4) is 0 Å². The number of rotatable bonds is 6. The lowest BCUT2D eigenvalue weighted by Gasteiger charge is -2.52. The molecule has 3 amide bonds. The van der Waals surface area contributed by atoms with Crippen LogP contribution in [0.4, 0.5) is 5.69 Å². The van der Waals surface area contributed by atoms with E-state index in [0.717, 1.165) is 32.3 Å². The van der Waals surface area contributed by atoms with Crippen LogP contribution >= 0.6 is 15.9 Å². The summed E-state index contributed by atoms with van der Waals surface area (Å²) in [4.78, 5) is 42.7. The summed E-state index contributed by atoms with van der Waals surface area (Å²) in [5, 5.41) is 4.49. The molecule has 4 aliphatic rings. The number of benzene rings is 4. The van der Waals surface area contributed by atoms with Crippen molar-refractivity contribution in [1.82, 2.24) is 5.43 Å². The third-order valence-corrected chi connectivity index (χ3v) is 9.24. The zero-order chi connectivity index (χ0) is 28.1. The lowest BCUT2D eigenvalue weighted by Crippen LogP contribution is -2.54. The van der Waals surface area contributed by atoms with Gasteiger partial charge in [0.2, 0.25) is 17.7 Å². The normalized spacial score (nSPS) is 23.8. The summed E-state index contributed by atoms with van der Waals surface area (Å²) in [5.41, 5.74) is 7.26. The van der Waals surface area contributed by atoms with Gasteiger partial charge in [0.15, 0.2) is 0 Å². The Kier molecular flexibility index (Phi) is 6.20. The highest BCUT2D eigenvalue weighted by Gasteiger charge is 2.68. The molecule has 4 aromatic rings. The van der Waals surface area contributed by atoms with Crippen LogP contribution in [0, 0.1) is 11.8 Å². The molecule has 1 heterocycles. The Morgan fingerprint density at radius 3 is 2.10 bits per heavy atom. The van der Waals surface area contributed by atoms with Gasteiger partial charge >= 0.3 is 0 Å². The molecule has 4 aromatic carbocycles. The molecule has 1 fully saturated rings. The van der Waals surface area contributed by atoms with Crippen molar-refractivity contribution in [2.24, 2.45) is 16.9 Å². The van der Waals surface area contributed by atoms with Crippen LogP contribution in [0.1, 0.15) is 40.2 Å². The van der Waals surface area contributed by atoms with E-state index in [1.54, 1.807) is 18.3 Å². The summed E-state index contributed by atoms with van der Waals surface area (Å²) < 4.78 is 0.865. The van der Waals surface area contributed by atoms with E-state index in [2.05, 4.69) is 26.5 Å². The van der Waals surface area contributed by atoms with Crippen molar-refractivity contribution in [2.45, 2.75) is 24.2 Å². The molecule has 1 saturated heterocycles. The zero-order valence-electron chi connectivity index (χ0n) is 22.0. The second-order valence-electron chi connectivity index (χ2n) is 10.8. The number of nitrogens with one attached hydrogen (secondary N) is 1. The van der Waals surface area contributed by atoms with Crippen molar-refractivity contribution in [3.8, 4) is 0 Å². The number of amides is 3. The summed E-state index contributed by atoms with van der Waals surface area (Å²) in [6.07, 6.45) is 2.58. The summed E-state index contributed by atoms with van der Waals surface area (Å²) in [5.74, 6) is -2.21. The van der Waals surface area contributed by atoms with Crippen LogP contribution in [0.25, 0.3) is 0 Å². The highest BCUT2D eigenvalue weighted by Crippen LogP contribution is 2.63. The van der Waals surface area contributed by atoms with Crippen LogP contribution < -0.4 is 10.3 Å². The van der Waals surface area contributed by atoms with E-state index >= 15 is 0 Å². The maximum atomic E-state index is 14.4. The number of anilines is 1. The molecule has 2 atom stereocenters. The Morgan fingerprint density at radius 2 is 1.44 bits per heavy atom. The van der Waals surface area contributed by atoms with Gasteiger partial charge in [-0.1, -0.05) is 94.8 Å². The van der Waals surface area contributed by atoms with E-state index < -0.39 is 17.3 Å². The molecule has 0 aromatic heterocycles. The Balaban J connectivity index is 1.31. The van der Waals surface area contributed by atoms with Gasteiger partial charge in [-0.3, -0.25) is 14.4 Å². The molecule has 1 N–H and O–H groups in total. The topological polar surface area (TPSA) is 78.8 Å². The van der Waals surface area contributed by atoms with Crippen molar-refractivity contribution in [2.75, 3.05) is 4.90 Å². The fourth-order valence-corrected chi connectivity index (χ4v) is 7.32. The van der Waals surface area contributed by atoms with Gasteiger partial charge in [-0.2, -0.15) is 5.10 Å². The highest BCUT2D eigenvalue weighted by atomic mass is 79.9. The largest absolute Gasteiger partial charge is 0.274 e. The molecular formula is C34H26BrN3O3. The van der Waals surface area contributed by atoms with Gasteiger partial charge in [0.25, 0.3) is 0 Å². The van der Waals surface area contributed by atoms with Crippen molar-refractivity contribution >= 4 is 45.6 Å². The number of carbonyl (C=O) groups excluding carboxylic acids is 3. The number of carbonyl (C=O) groups is 3. The second kappa shape index (κ2) is 9.93. The lowest BCUT2D eigenvalue weighted by molar-refractivity contribution is -0.123. The fraction of sp³-hybridized carbons (Fsp3) is 0.176. The van der Waals surface area contributed by atoms with Gasteiger partial charge in [0, 0.05) is 23.0 Å². The molecule has 6 nitrogen and oxygen atoms in total. The van der Waals surface area contributed by atoms with E-state index in [1.807, 2.05) is 91.0 Å². The van der Waals surface area contributed by atoms with Crippen LogP contribution in [-0.2, 0) is 26.2 Å². The number of hydrogen-bond acceptors (Lipinski definition) is 4. The summed E-state index contributed by atoms with van der Waals surface area (Å²) in [6, 6.07) is 33.1. The van der Waals surface area contributed by atoms with Crippen LogP contribution in [-0.4, -0.2) is 23.9 Å². The van der Waals surface area contributed by atoms with Gasteiger partial charge in [-0.15, -0.1) is 0 Å². The first-order chi connectivity index (χ1) is 20.0. The number of halogens is 1. The number of aryl methyl sites for hydroxylation is 1. The summed E-state index contributed by atoms with van der Waals surface area (Å²) in [6.45, 7) is 0. The van der Waals surface area contributed by atoms with E-state index in [1.165, 1.54) is 4.90 Å². The smallest absolute Gasteiger partial charge is 0.240 e. The quantitative estimate of drug-likeness (QED) is 0.173.